The third-order valence-corrected chi connectivity index (χ3v) is 5.77. The Labute approximate surface area is 127 Å². The first-order valence-corrected chi connectivity index (χ1v) is 8.63. The van der Waals surface area contributed by atoms with Crippen LogP contribution in [0.3, 0.4) is 0 Å². The summed E-state index contributed by atoms with van der Waals surface area (Å²) in [5.74, 6) is -0.508. The zero-order valence-corrected chi connectivity index (χ0v) is 13.5. The molecule has 1 heterocycles. The Morgan fingerprint density at radius 3 is 2.48 bits per heavy atom. The fraction of sp³-hybridized carbons (Fsp3) is 0.308. The summed E-state index contributed by atoms with van der Waals surface area (Å²) < 4.78 is 24.6. The van der Waals surface area contributed by atoms with Gasteiger partial charge in [0.15, 0.2) is 9.84 Å². The Hall–Kier alpha value is -1.80. The monoisotopic (exact) mass is 325 g/mol. The molecule has 0 unspecified atom stereocenters. The first kappa shape index (κ1) is 15.6. The lowest BCUT2D eigenvalue weighted by molar-refractivity contribution is 0.102. The average Bonchev–Trinajstić information content (AvgIpc) is 2.83. The summed E-state index contributed by atoms with van der Waals surface area (Å²) in [5.41, 5.74) is 0.110. The number of aromatic nitrogens is 2. The molecule has 0 bridgehead atoms. The number of rotatable bonds is 4. The second kappa shape index (κ2) is 5.90. The number of aryl methyl sites for hydroxylation is 1. The highest BCUT2D eigenvalue weighted by molar-refractivity contribution is 7.92. The summed E-state index contributed by atoms with van der Waals surface area (Å²) in [6.07, 6.45) is 0. The zero-order chi connectivity index (χ0) is 15.6. The standard InChI is InChI=1S/C13H15N3O3S2/c1-8(2)21(18,19)11-7-5-4-6-10(11)12(17)14-13-16-15-9(3)20-13/h4-8H,1-3H3,(H,14,16,17). The van der Waals surface area contributed by atoms with Gasteiger partial charge in [0.25, 0.3) is 5.91 Å². The van der Waals surface area contributed by atoms with Gasteiger partial charge in [-0.25, -0.2) is 8.42 Å². The number of nitrogens with one attached hydrogen (secondary N) is 1. The molecule has 0 saturated heterocycles. The topological polar surface area (TPSA) is 89.0 Å². The van der Waals surface area contributed by atoms with E-state index in [0.29, 0.717) is 10.1 Å². The molecule has 0 fully saturated rings. The van der Waals surface area contributed by atoms with Crippen LogP contribution in [0.4, 0.5) is 5.13 Å². The van der Waals surface area contributed by atoms with Gasteiger partial charge in [0.2, 0.25) is 5.13 Å². The first-order valence-electron chi connectivity index (χ1n) is 6.26. The number of hydrogen-bond acceptors (Lipinski definition) is 6. The van der Waals surface area contributed by atoms with E-state index >= 15 is 0 Å². The normalized spacial score (nSPS) is 11.6. The maximum absolute atomic E-state index is 12.3. The van der Waals surface area contributed by atoms with Gasteiger partial charge in [-0.2, -0.15) is 0 Å². The molecule has 1 aromatic carbocycles. The van der Waals surface area contributed by atoms with Crippen molar-refractivity contribution in [1.82, 2.24) is 10.2 Å². The van der Waals surface area contributed by atoms with Crippen LogP contribution in [-0.2, 0) is 9.84 Å². The van der Waals surface area contributed by atoms with Gasteiger partial charge in [0.1, 0.15) is 5.01 Å². The van der Waals surface area contributed by atoms with Crippen LogP contribution in [0.25, 0.3) is 0 Å². The van der Waals surface area contributed by atoms with Crippen molar-refractivity contribution in [1.29, 1.82) is 0 Å². The fourth-order valence-corrected chi connectivity index (χ4v) is 3.50. The van der Waals surface area contributed by atoms with Gasteiger partial charge in [-0.3, -0.25) is 10.1 Å². The Balaban J connectivity index is 2.38. The van der Waals surface area contributed by atoms with Crippen LogP contribution in [0, 0.1) is 6.92 Å². The zero-order valence-electron chi connectivity index (χ0n) is 11.8. The molecular formula is C13H15N3O3S2. The molecule has 0 saturated carbocycles. The minimum Gasteiger partial charge on any atom is -0.296 e. The summed E-state index contributed by atoms with van der Waals surface area (Å²) in [6, 6.07) is 6.15. The van der Waals surface area contributed by atoms with E-state index in [1.54, 1.807) is 32.9 Å². The van der Waals surface area contributed by atoms with E-state index in [-0.39, 0.29) is 10.5 Å². The Morgan fingerprint density at radius 1 is 1.24 bits per heavy atom. The first-order chi connectivity index (χ1) is 9.82. The smallest absolute Gasteiger partial charge is 0.258 e. The second-order valence-corrected chi connectivity index (χ2v) is 8.32. The van der Waals surface area contributed by atoms with Crippen molar-refractivity contribution >= 4 is 32.2 Å². The minimum atomic E-state index is -3.53. The number of carbonyl (C=O) groups is 1. The quantitative estimate of drug-likeness (QED) is 0.931. The SMILES string of the molecule is Cc1nnc(NC(=O)c2ccccc2S(=O)(=O)C(C)C)s1. The van der Waals surface area contributed by atoms with Crippen molar-refractivity contribution in [3.05, 3.63) is 34.8 Å². The fourth-order valence-electron chi connectivity index (χ4n) is 1.67. The Kier molecular flexibility index (Phi) is 4.38. The maximum atomic E-state index is 12.3. The van der Waals surface area contributed by atoms with Gasteiger partial charge < -0.3 is 0 Å². The van der Waals surface area contributed by atoms with E-state index < -0.39 is 21.0 Å². The van der Waals surface area contributed by atoms with Gasteiger partial charge in [-0.15, -0.1) is 10.2 Å². The molecule has 0 atom stereocenters. The lowest BCUT2D eigenvalue weighted by atomic mass is 10.2. The number of sulfone groups is 1. The van der Waals surface area contributed by atoms with Crippen LogP contribution in [-0.4, -0.2) is 29.8 Å². The molecule has 112 valence electrons. The number of benzene rings is 1. The van der Waals surface area contributed by atoms with Gasteiger partial charge in [0.05, 0.1) is 15.7 Å². The molecule has 1 aromatic heterocycles. The molecule has 1 N–H and O–H groups in total. The predicted molar refractivity (Wildman–Crippen MR) is 81.4 cm³/mol. The summed E-state index contributed by atoms with van der Waals surface area (Å²) in [5, 5.41) is 10.6. The molecular weight excluding hydrogens is 310 g/mol. The summed E-state index contributed by atoms with van der Waals surface area (Å²) in [4.78, 5) is 12.3. The van der Waals surface area contributed by atoms with Crippen LogP contribution in [0.1, 0.15) is 29.2 Å². The highest BCUT2D eigenvalue weighted by atomic mass is 32.2. The van der Waals surface area contributed by atoms with E-state index in [4.69, 9.17) is 0 Å². The van der Waals surface area contributed by atoms with Crippen LogP contribution in [0.2, 0.25) is 0 Å². The van der Waals surface area contributed by atoms with Crippen LogP contribution in [0.5, 0.6) is 0 Å². The summed E-state index contributed by atoms with van der Waals surface area (Å²) >= 11 is 1.23. The van der Waals surface area contributed by atoms with Gasteiger partial charge in [0, 0.05) is 0 Å². The highest BCUT2D eigenvalue weighted by Crippen LogP contribution is 2.22. The third kappa shape index (κ3) is 3.27. The lowest BCUT2D eigenvalue weighted by Crippen LogP contribution is -2.20. The van der Waals surface area contributed by atoms with Crippen molar-refractivity contribution in [3.63, 3.8) is 0 Å². The largest absolute Gasteiger partial charge is 0.296 e. The van der Waals surface area contributed by atoms with E-state index in [0.717, 1.165) is 0 Å². The van der Waals surface area contributed by atoms with Crippen molar-refractivity contribution in [2.75, 3.05) is 5.32 Å². The Morgan fingerprint density at radius 2 is 1.90 bits per heavy atom. The number of hydrogen-bond donors (Lipinski definition) is 1. The maximum Gasteiger partial charge on any atom is 0.258 e. The van der Waals surface area contributed by atoms with Gasteiger partial charge in [-0.1, -0.05) is 23.5 Å². The van der Waals surface area contributed by atoms with E-state index in [9.17, 15) is 13.2 Å². The number of amides is 1. The number of anilines is 1. The average molecular weight is 325 g/mol. The van der Waals surface area contributed by atoms with Crippen LogP contribution in [0.15, 0.2) is 29.2 Å². The molecule has 0 aliphatic heterocycles. The molecule has 2 rings (SSSR count). The molecule has 2 aromatic rings. The van der Waals surface area contributed by atoms with Crippen molar-refractivity contribution in [2.45, 2.75) is 30.9 Å². The molecule has 0 aliphatic carbocycles. The molecule has 8 heteroatoms. The van der Waals surface area contributed by atoms with E-state index in [2.05, 4.69) is 15.5 Å². The predicted octanol–water partition coefficient (Wildman–Crippen LogP) is 2.28. The molecule has 1 amide bonds. The summed E-state index contributed by atoms with van der Waals surface area (Å²) in [6.45, 7) is 4.93. The summed E-state index contributed by atoms with van der Waals surface area (Å²) in [7, 11) is -3.53. The number of carbonyl (C=O) groups excluding carboxylic acids is 1. The van der Waals surface area contributed by atoms with Crippen LogP contribution >= 0.6 is 11.3 Å². The van der Waals surface area contributed by atoms with E-state index in [1.165, 1.54) is 23.5 Å². The lowest BCUT2D eigenvalue weighted by Gasteiger charge is -2.12. The molecule has 0 spiro atoms. The van der Waals surface area contributed by atoms with E-state index in [1.807, 2.05) is 0 Å². The molecule has 6 nitrogen and oxygen atoms in total. The Bertz CT molecular complexity index is 766. The molecule has 21 heavy (non-hydrogen) atoms. The second-order valence-electron chi connectivity index (χ2n) is 4.67. The minimum absolute atomic E-state index is 0.0266. The van der Waals surface area contributed by atoms with Crippen molar-refractivity contribution in [3.8, 4) is 0 Å². The van der Waals surface area contributed by atoms with Gasteiger partial charge in [-0.05, 0) is 32.9 Å². The van der Waals surface area contributed by atoms with Gasteiger partial charge >= 0.3 is 0 Å². The van der Waals surface area contributed by atoms with Crippen molar-refractivity contribution in [2.24, 2.45) is 0 Å². The van der Waals surface area contributed by atoms with Crippen molar-refractivity contribution < 1.29 is 13.2 Å². The highest BCUT2D eigenvalue weighted by Gasteiger charge is 2.25. The number of nitrogens with zero attached hydrogens (tertiary/aromatic N) is 2. The third-order valence-electron chi connectivity index (χ3n) is 2.81. The molecule has 0 radical (unpaired) electrons. The van der Waals surface area contributed by atoms with Crippen LogP contribution < -0.4 is 5.32 Å². The molecule has 0 aliphatic rings.